The molecule has 2 aromatic rings. The van der Waals surface area contributed by atoms with Crippen molar-refractivity contribution in [2.24, 2.45) is 0 Å². The van der Waals surface area contributed by atoms with Gasteiger partial charge in [-0.15, -0.1) is 0 Å². The number of rotatable bonds is 11. The number of benzene rings is 2. The van der Waals surface area contributed by atoms with E-state index in [1.54, 1.807) is 14.0 Å². The highest BCUT2D eigenvalue weighted by atomic mass is 17.1. The Morgan fingerprint density at radius 1 is 1.00 bits per heavy atom. The van der Waals surface area contributed by atoms with Crippen molar-refractivity contribution < 1.29 is 39.1 Å². The molecular weight excluding hydrogens is 382 g/mol. The molecule has 2 aromatic carbocycles. The smallest absolute Gasteiger partial charge is 0.344 e. The van der Waals surface area contributed by atoms with Crippen LogP contribution in [0.4, 0.5) is 0 Å². The van der Waals surface area contributed by atoms with Crippen molar-refractivity contribution in [3.8, 4) is 5.75 Å². The predicted octanol–water partition coefficient (Wildman–Crippen LogP) is 2.83. The molecule has 0 bridgehead atoms. The van der Waals surface area contributed by atoms with E-state index in [2.05, 4.69) is 4.84 Å². The maximum Gasteiger partial charge on any atom is 0.344 e. The van der Waals surface area contributed by atoms with Gasteiger partial charge in [0.25, 0.3) is 0 Å². The van der Waals surface area contributed by atoms with Gasteiger partial charge in [0.1, 0.15) is 5.75 Å². The lowest BCUT2D eigenvalue weighted by atomic mass is 9.98. The van der Waals surface area contributed by atoms with Crippen molar-refractivity contribution in [3.63, 3.8) is 0 Å². The van der Waals surface area contributed by atoms with Gasteiger partial charge in [0.2, 0.25) is 0 Å². The van der Waals surface area contributed by atoms with Crippen LogP contribution in [0.1, 0.15) is 31.2 Å². The largest absolute Gasteiger partial charge is 0.497 e. The molecule has 2 N–H and O–H groups in total. The van der Waals surface area contributed by atoms with Gasteiger partial charge < -0.3 is 14.2 Å². The third kappa shape index (κ3) is 7.31. The van der Waals surface area contributed by atoms with Crippen LogP contribution in [0.25, 0.3) is 10.8 Å². The average molecular weight is 407 g/mol. The zero-order chi connectivity index (χ0) is 21.2. The molecule has 0 spiro atoms. The first kappa shape index (κ1) is 22.6. The van der Waals surface area contributed by atoms with Crippen LogP contribution >= 0.6 is 0 Å². The number of fused-ring (bicyclic) bond motifs is 1. The van der Waals surface area contributed by atoms with E-state index in [4.69, 9.17) is 24.6 Å². The van der Waals surface area contributed by atoms with E-state index >= 15 is 0 Å². The lowest BCUT2D eigenvalue weighted by molar-refractivity contribution is -0.492. The molecule has 0 aliphatic heterocycles. The molecule has 0 saturated heterocycles. The van der Waals surface area contributed by atoms with Crippen LogP contribution in [0, 0.1) is 0 Å². The third-order valence-electron chi connectivity index (χ3n) is 4.27. The van der Waals surface area contributed by atoms with E-state index in [-0.39, 0.29) is 18.6 Å². The van der Waals surface area contributed by atoms with Crippen molar-refractivity contribution in [1.82, 2.24) is 5.39 Å². The Hall–Kier alpha value is -2.72. The Balaban J connectivity index is 1.77. The first-order chi connectivity index (χ1) is 13.9. The molecule has 9 nitrogen and oxygen atoms in total. The Bertz CT molecular complexity index is 823. The zero-order valence-corrected chi connectivity index (χ0v) is 16.4. The minimum Gasteiger partial charge on any atom is -0.497 e. The van der Waals surface area contributed by atoms with Crippen LogP contribution in [0.2, 0.25) is 0 Å². The van der Waals surface area contributed by atoms with E-state index in [1.807, 2.05) is 36.4 Å². The standard InChI is InChI=1S/C20H25NO8/c1-14(15-5-6-17-12-18(26-2)8-7-16(17)11-15)20(23)28-13-19(22)27-9-3-4-10-29-21(24)25/h5-8,11-12,14,24-25H,3-4,9-10,13H2,1-2H3. The van der Waals surface area contributed by atoms with Gasteiger partial charge in [0.15, 0.2) is 6.61 Å². The third-order valence-corrected chi connectivity index (χ3v) is 4.27. The summed E-state index contributed by atoms with van der Waals surface area (Å²) in [6.07, 6.45) is 0.918. The van der Waals surface area contributed by atoms with Crippen LogP contribution in [-0.4, -0.2) is 54.7 Å². The van der Waals surface area contributed by atoms with Gasteiger partial charge in [0, 0.05) is 0 Å². The summed E-state index contributed by atoms with van der Waals surface area (Å²) >= 11 is 0. The molecular formula is C20H25NO8. The number of esters is 2. The van der Waals surface area contributed by atoms with Crippen molar-refractivity contribution >= 4 is 22.7 Å². The predicted molar refractivity (Wildman–Crippen MR) is 101 cm³/mol. The minimum absolute atomic E-state index is 0.0651. The second kappa shape index (κ2) is 11.3. The molecule has 1 atom stereocenters. The molecule has 0 aliphatic carbocycles. The number of nitrogens with zero attached hydrogens (tertiary/aromatic N) is 1. The Morgan fingerprint density at radius 2 is 1.69 bits per heavy atom. The van der Waals surface area contributed by atoms with Gasteiger partial charge in [-0.3, -0.25) is 20.0 Å². The van der Waals surface area contributed by atoms with Crippen molar-refractivity contribution in [3.05, 3.63) is 42.0 Å². The monoisotopic (exact) mass is 407 g/mol. The molecule has 0 aliphatic rings. The fraction of sp³-hybridized carbons (Fsp3) is 0.400. The number of hydrogen-bond acceptors (Lipinski definition) is 9. The highest BCUT2D eigenvalue weighted by Gasteiger charge is 2.19. The maximum atomic E-state index is 12.2. The summed E-state index contributed by atoms with van der Waals surface area (Å²) < 4.78 is 15.2. The number of unbranched alkanes of at least 4 members (excludes halogenated alkanes) is 1. The number of carbonyl (C=O) groups excluding carboxylic acids is 2. The molecule has 0 amide bonds. The molecule has 0 saturated carbocycles. The summed E-state index contributed by atoms with van der Waals surface area (Å²) in [7, 11) is 1.61. The summed E-state index contributed by atoms with van der Waals surface area (Å²) in [5.74, 6) is -0.948. The van der Waals surface area contributed by atoms with Crippen LogP contribution in [-0.2, 0) is 23.9 Å². The van der Waals surface area contributed by atoms with Gasteiger partial charge in [-0.05, 0) is 48.2 Å². The highest BCUT2D eigenvalue weighted by Crippen LogP contribution is 2.25. The van der Waals surface area contributed by atoms with E-state index in [0.29, 0.717) is 12.8 Å². The average Bonchev–Trinajstić information content (AvgIpc) is 2.72. The number of methoxy groups -OCH3 is 1. The Kier molecular flexibility index (Phi) is 8.81. The van der Waals surface area contributed by atoms with Crippen molar-refractivity contribution in [2.75, 3.05) is 26.9 Å². The molecule has 158 valence electrons. The molecule has 0 aromatic heterocycles. The van der Waals surface area contributed by atoms with Crippen molar-refractivity contribution in [1.29, 1.82) is 0 Å². The fourth-order valence-corrected chi connectivity index (χ4v) is 2.61. The van der Waals surface area contributed by atoms with Gasteiger partial charge >= 0.3 is 11.9 Å². The first-order valence-electron chi connectivity index (χ1n) is 9.11. The number of hydrogen-bond donors (Lipinski definition) is 2. The van der Waals surface area contributed by atoms with E-state index < -0.39 is 24.5 Å². The first-order valence-corrected chi connectivity index (χ1v) is 9.11. The van der Waals surface area contributed by atoms with Crippen LogP contribution in [0.3, 0.4) is 0 Å². The van der Waals surface area contributed by atoms with Crippen LogP contribution < -0.4 is 4.74 Å². The van der Waals surface area contributed by atoms with E-state index in [9.17, 15) is 9.59 Å². The molecule has 0 fully saturated rings. The lowest BCUT2D eigenvalue weighted by Crippen LogP contribution is -2.20. The van der Waals surface area contributed by atoms with E-state index in [1.165, 1.54) is 0 Å². The Labute approximate surface area is 168 Å². The van der Waals surface area contributed by atoms with Crippen LogP contribution in [0.5, 0.6) is 5.75 Å². The van der Waals surface area contributed by atoms with Gasteiger partial charge in [0.05, 0.1) is 31.6 Å². The minimum atomic E-state index is -0.650. The number of carbonyl (C=O) groups is 2. The normalized spacial score (nSPS) is 12.0. The van der Waals surface area contributed by atoms with E-state index in [0.717, 1.165) is 22.1 Å². The quantitative estimate of drug-likeness (QED) is 0.330. The van der Waals surface area contributed by atoms with Gasteiger partial charge in [-0.1, -0.05) is 24.3 Å². The SMILES string of the molecule is COc1ccc2cc(C(C)C(=O)OCC(=O)OCCCCON(O)O)ccc2c1. The second-order valence-corrected chi connectivity index (χ2v) is 6.32. The zero-order valence-electron chi connectivity index (χ0n) is 16.4. The summed E-state index contributed by atoms with van der Waals surface area (Å²) in [4.78, 5) is 28.3. The summed E-state index contributed by atoms with van der Waals surface area (Å²) in [6, 6.07) is 11.3. The molecule has 9 heteroatoms. The highest BCUT2D eigenvalue weighted by molar-refractivity contribution is 5.87. The van der Waals surface area contributed by atoms with Crippen LogP contribution in [0.15, 0.2) is 36.4 Å². The molecule has 0 radical (unpaired) electrons. The second-order valence-electron chi connectivity index (χ2n) is 6.32. The lowest BCUT2D eigenvalue weighted by Gasteiger charge is -2.13. The van der Waals surface area contributed by atoms with Crippen molar-refractivity contribution in [2.45, 2.75) is 25.7 Å². The summed E-state index contributed by atoms with van der Waals surface area (Å²) in [5, 5.41) is 18.3. The summed E-state index contributed by atoms with van der Waals surface area (Å²) in [6.45, 7) is 1.42. The van der Waals surface area contributed by atoms with Gasteiger partial charge in [-0.2, -0.15) is 0 Å². The maximum absolute atomic E-state index is 12.2. The van der Waals surface area contributed by atoms with Gasteiger partial charge in [-0.25, -0.2) is 4.79 Å². The molecule has 0 heterocycles. The molecule has 2 rings (SSSR count). The number of ether oxygens (including phenoxy) is 3. The molecule has 1 unspecified atom stereocenters. The molecule has 29 heavy (non-hydrogen) atoms. The Morgan fingerprint density at radius 3 is 2.41 bits per heavy atom. The fourth-order valence-electron chi connectivity index (χ4n) is 2.61. The summed E-state index contributed by atoms with van der Waals surface area (Å²) in [5.41, 5.74) is 0.780. The topological polar surface area (TPSA) is 115 Å².